The number of aliphatic hydroxyl groups is 1. The van der Waals surface area contributed by atoms with Crippen molar-refractivity contribution in [3.8, 4) is 0 Å². The highest BCUT2D eigenvalue weighted by atomic mass is 19.1. The normalized spacial score (nSPS) is 14.4. The van der Waals surface area contributed by atoms with E-state index in [0.717, 1.165) is 6.92 Å². The molecule has 0 fully saturated rings. The van der Waals surface area contributed by atoms with Crippen LogP contribution in [-0.4, -0.2) is 28.4 Å². The van der Waals surface area contributed by atoms with Gasteiger partial charge in [0.2, 0.25) is 0 Å². The van der Waals surface area contributed by atoms with Gasteiger partial charge in [-0.1, -0.05) is 18.2 Å². The smallest absolute Gasteiger partial charge is 0.337 e. The van der Waals surface area contributed by atoms with Crippen LogP contribution in [0.2, 0.25) is 0 Å². The Morgan fingerprint density at radius 2 is 2.12 bits per heavy atom. The van der Waals surface area contributed by atoms with Gasteiger partial charge in [-0.2, -0.15) is 0 Å². The molecule has 88 valence electrons. The van der Waals surface area contributed by atoms with Crippen molar-refractivity contribution in [3.63, 3.8) is 0 Å². The molecule has 16 heavy (non-hydrogen) atoms. The third-order valence-electron chi connectivity index (χ3n) is 2.06. The molecule has 5 heteroatoms. The molecule has 0 spiro atoms. The van der Waals surface area contributed by atoms with E-state index >= 15 is 0 Å². The van der Waals surface area contributed by atoms with Gasteiger partial charge in [-0.15, -0.1) is 0 Å². The summed E-state index contributed by atoms with van der Waals surface area (Å²) in [6, 6.07) is 6.02. The fraction of sp³-hybridized carbons (Fsp3) is 0.364. The Balaban J connectivity index is 2.48. The summed E-state index contributed by atoms with van der Waals surface area (Å²) in [6.45, 7) is 0.656. The maximum Gasteiger partial charge on any atom is 0.337 e. The largest absolute Gasteiger partial charge is 0.479 e. The summed E-state index contributed by atoms with van der Waals surface area (Å²) in [6.07, 6.45) is 0. The number of benzene rings is 1. The Labute approximate surface area is 92.3 Å². The molecule has 1 atom stereocenters. The maximum atomic E-state index is 13.1. The van der Waals surface area contributed by atoms with Crippen molar-refractivity contribution in [2.75, 3.05) is 6.61 Å². The molecule has 1 aromatic rings. The van der Waals surface area contributed by atoms with E-state index in [9.17, 15) is 14.3 Å². The van der Waals surface area contributed by atoms with E-state index in [0.29, 0.717) is 5.56 Å². The predicted molar refractivity (Wildman–Crippen MR) is 54.3 cm³/mol. The molecule has 0 aliphatic carbocycles. The van der Waals surface area contributed by atoms with Crippen molar-refractivity contribution >= 4 is 5.97 Å². The molecule has 0 heterocycles. The number of ether oxygens (including phenoxy) is 1. The van der Waals surface area contributed by atoms with Crippen molar-refractivity contribution in [1.82, 2.24) is 0 Å². The van der Waals surface area contributed by atoms with Gasteiger partial charge in [-0.05, 0) is 13.0 Å². The maximum absolute atomic E-state index is 13.1. The van der Waals surface area contributed by atoms with Crippen LogP contribution in [0.4, 0.5) is 4.39 Å². The summed E-state index contributed by atoms with van der Waals surface area (Å²) in [4.78, 5) is 10.5. The minimum atomic E-state index is -1.95. The molecule has 0 aliphatic rings. The number of hydrogen-bond donors (Lipinski definition) is 2. The van der Waals surface area contributed by atoms with E-state index in [4.69, 9.17) is 9.84 Å². The zero-order chi connectivity index (χ0) is 12.2. The van der Waals surface area contributed by atoms with E-state index in [1.165, 1.54) is 12.1 Å². The van der Waals surface area contributed by atoms with Crippen molar-refractivity contribution in [2.45, 2.75) is 19.1 Å². The third kappa shape index (κ3) is 3.29. The molecule has 0 aromatic heterocycles. The molecule has 4 nitrogen and oxygen atoms in total. The molecule has 1 rings (SSSR count). The Kier molecular flexibility index (Phi) is 3.98. The molecule has 0 amide bonds. The minimum absolute atomic E-state index is 0.0733. The SMILES string of the molecule is CC(O)(COCc1ccccc1F)C(=O)O. The van der Waals surface area contributed by atoms with Crippen molar-refractivity contribution in [2.24, 2.45) is 0 Å². The fourth-order valence-electron chi connectivity index (χ4n) is 1.04. The molecule has 2 N–H and O–H groups in total. The van der Waals surface area contributed by atoms with Crippen LogP contribution in [0.15, 0.2) is 24.3 Å². The Hall–Kier alpha value is -1.46. The lowest BCUT2D eigenvalue weighted by Crippen LogP contribution is -2.39. The number of carboxylic acids is 1. The van der Waals surface area contributed by atoms with Crippen LogP contribution in [-0.2, 0) is 16.1 Å². The Morgan fingerprint density at radius 1 is 1.50 bits per heavy atom. The van der Waals surface area contributed by atoms with Gasteiger partial charge >= 0.3 is 5.97 Å². The van der Waals surface area contributed by atoms with Crippen LogP contribution < -0.4 is 0 Å². The van der Waals surface area contributed by atoms with E-state index in [-0.39, 0.29) is 6.61 Å². The number of carbonyl (C=O) groups is 1. The van der Waals surface area contributed by atoms with Crippen LogP contribution in [0.25, 0.3) is 0 Å². The lowest BCUT2D eigenvalue weighted by atomic mass is 10.1. The predicted octanol–water partition coefficient (Wildman–Crippen LogP) is 1.18. The number of halogens is 1. The molecule has 0 saturated heterocycles. The van der Waals surface area contributed by atoms with Crippen LogP contribution in [0.3, 0.4) is 0 Å². The van der Waals surface area contributed by atoms with Gasteiger partial charge in [0.05, 0.1) is 13.2 Å². The summed E-state index contributed by atoms with van der Waals surface area (Å²) in [7, 11) is 0. The summed E-state index contributed by atoms with van der Waals surface area (Å²) >= 11 is 0. The molecular formula is C11H13FO4. The molecule has 0 radical (unpaired) electrons. The zero-order valence-electron chi connectivity index (χ0n) is 8.81. The molecule has 0 saturated carbocycles. The van der Waals surface area contributed by atoms with Gasteiger partial charge in [0, 0.05) is 5.56 Å². The monoisotopic (exact) mass is 228 g/mol. The van der Waals surface area contributed by atoms with Gasteiger partial charge in [-0.25, -0.2) is 9.18 Å². The summed E-state index contributed by atoms with van der Waals surface area (Å²) in [5.41, 5.74) is -1.63. The molecule has 0 bridgehead atoms. The highest BCUT2D eigenvalue weighted by Gasteiger charge is 2.30. The second-order valence-electron chi connectivity index (χ2n) is 3.66. The first-order chi connectivity index (χ1) is 7.43. The number of carboxylic acid groups (broad SMARTS) is 1. The summed E-state index contributed by atoms with van der Waals surface area (Å²) in [5.74, 6) is -1.79. The first kappa shape index (κ1) is 12.6. The van der Waals surface area contributed by atoms with Crippen LogP contribution in [0.5, 0.6) is 0 Å². The number of hydrogen-bond acceptors (Lipinski definition) is 3. The van der Waals surface area contributed by atoms with Gasteiger partial charge in [0.15, 0.2) is 5.60 Å². The first-order valence-electron chi connectivity index (χ1n) is 4.70. The zero-order valence-corrected chi connectivity index (χ0v) is 8.81. The average Bonchev–Trinajstić information content (AvgIpc) is 2.20. The molecular weight excluding hydrogens is 215 g/mol. The fourth-order valence-corrected chi connectivity index (χ4v) is 1.04. The molecule has 1 unspecified atom stereocenters. The van der Waals surface area contributed by atoms with Gasteiger partial charge < -0.3 is 14.9 Å². The van der Waals surface area contributed by atoms with E-state index in [1.54, 1.807) is 12.1 Å². The minimum Gasteiger partial charge on any atom is -0.479 e. The summed E-state index contributed by atoms with van der Waals surface area (Å²) in [5, 5.41) is 17.9. The lowest BCUT2D eigenvalue weighted by Gasteiger charge is -2.17. The third-order valence-corrected chi connectivity index (χ3v) is 2.06. The van der Waals surface area contributed by atoms with Crippen molar-refractivity contribution in [1.29, 1.82) is 0 Å². The second-order valence-corrected chi connectivity index (χ2v) is 3.66. The Bertz CT molecular complexity index is 376. The van der Waals surface area contributed by atoms with Crippen LogP contribution in [0, 0.1) is 5.82 Å². The highest BCUT2D eigenvalue weighted by Crippen LogP contribution is 2.10. The standard InChI is InChI=1S/C11H13FO4/c1-11(15,10(13)14)7-16-6-8-4-2-3-5-9(8)12/h2-5,15H,6-7H2,1H3,(H,13,14). The highest BCUT2D eigenvalue weighted by molar-refractivity contribution is 5.76. The van der Waals surface area contributed by atoms with E-state index in [2.05, 4.69) is 0 Å². The second kappa shape index (κ2) is 5.05. The topological polar surface area (TPSA) is 66.8 Å². The van der Waals surface area contributed by atoms with Gasteiger partial charge in [0.25, 0.3) is 0 Å². The van der Waals surface area contributed by atoms with E-state index < -0.39 is 24.0 Å². The number of rotatable bonds is 5. The molecule has 1 aromatic carbocycles. The van der Waals surface area contributed by atoms with Gasteiger partial charge in [0.1, 0.15) is 5.82 Å². The van der Waals surface area contributed by atoms with Gasteiger partial charge in [-0.3, -0.25) is 0 Å². The molecule has 0 aliphatic heterocycles. The average molecular weight is 228 g/mol. The van der Waals surface area contributed by atoms with E-state index in [1.807, 2.05) is 0 Å². The Morgan fingerprint density at radius 3 is 2.69 bits per heavy atom. The van der Waals surface area contributed by atoms with Crippen LogP contribution in [0.1, 0.15) is 12.5 Å². The first-order valence-corrected chi connectivity index (χ1v) is 4.70. The lowest BCUT2D eigenvalue weighted by molar-refractivity contribution is -0.163. The number of aliphatic carboxylic acids is 1. The summed E-state index contributed by atoms with van der Waals surface area (Å²) < 4.78 is 18.1. The van der Waals surface area contributed by atoms with Crippen molar-refractivity contribution in [3.05, 3.63) is 35.6 Å². The van der Waals surface area contributed by atoms with Crippen LogP contribution >= 0.6 is 0 Å². The quantitative estimate of drug-likeness (QED) is 0.794. The van der Waals surface area contributed by atoms with Crippen molar-refractivity contribution < 1.29 is 24.1 Å².